The van der Waals surface area contributed by atoms with Crippen molar-refractivity contribution in [3.63, 3.8) is 0 Å². The summed E-state index contributed by atoms with van der Waals surface area (Å²) in [7, 11) is 0. The maximum atomic E-state index is 13.8. The second-order valence-corrected chi connectivity index (χ2v) is 4.18. The molecule has 0 bridgehead atoms. The van der Waals surface area contributed by atoms with Crippen LogP contribution in [0.4, 0.5) is 10.2 Å². The van der Waals surface area contributed by atoms with E-state index in [1.54, 1.807) is 18.2 Å². The summed E-state index contributed by atoms with van der Waals surface area (Å²) in [4.78, 5) is 11.4. The first kappa shape index (κ1) is 10.7. The molecule has 18 heavy (non-hydrogen) atoms. The third-order valence-corrected chi connectivity index (χ3v) is 2.75. The van der Waals surface area contributed by atoms with Gasteiger partial charge in [0.15, 0.2) is 5.65 Å². The standard InChI is InChI=1S/C13H11FN4/c1-7-2-3-8(9(14)6-7)12-16-10-4-5-11(15)17-13(10)18-12/h2-6H,1H3,(H3,15,16,17,18). The van der Waals surface area contributed by atoms with Crippen molar-refractivity contribution in [1.29, 1.82) is 0 Å². The van der Waals surface area contributed by atoms with Crippen molar-refractivity contribution in [1.82, 2.24) is 15.0 Å². The molecule has 0 amide bonds. The van der Waals surface area contributed by atoms with Crippen LogP contribution in [0, 0.1) is 12.7 Å². The molecular weight excluding hydrogens is 231 g/mol. The molecule has 0 aliphatic heterocycles. The van der Waals surface area contributed by atoms with E-state index in [0.717, 1.165) is 11.1 Å². The van der Waals surface area contributed by atoms with Gasteiger partial charge in [-0.25, -0.2) is 14.4 Å². The predicted molar refractivity (Wildman–Crippen MR) is 68.4 cm³/mol. The molecule has 0 saturated carbocycles. The molecule has 2 heterocycles. The molecule has 0 unspecified atom stereocenters. The highest BCUT2D eigenvalue weighted by Gasteiger charge is 2.10. The van der Waals surface area contributed by atoms with Gasteiger partial charge in [0.1, 0.15) is 17.5 Å². The third kappa shape index (κ3) is 1.69. The SMILES string of the molecule is Cc1ccc(-c2nc3nc(N)ccc3[nH]2)c(F)c1. The number of benzene rings is 1. The average Bonchev–Trinajstić information content (AvgIpc) is 2.71. The average molecular weight is 242 g/mol. The number of nitrogens with two attached hydrogens (primary N) is 1. The Labute approximate surface area is 103 Å². The molecule has 90 valence electrons. The second-order valence-electron chi connectivity index (χ2n) is 4.18. The second kappa shape index (κ2) is 3.80. The largest absolute Gasteiger partial charge is 0.384 e. The van der Waals surface area contributed by atoms with Gasteiger partial charge < -0.3 is 10.7 Å². The number of nitrogens with one attached hydrogen (secondary N) is 1. The van der Waals surface area contributed by atoms with Crippen molar-refractivity contribution in [3.05, 3.63) is 41.7 Å². The summed E-state index contributed by atoms with van der Waals surface area (Å²) < 4.78 is 13.8. The first-order chi connectivity index (χ1) is 8.63. The van der Waals surface area contributed by atoms with Gasteiger partial charge in [0.05, 0.1) is 11.1 Å². The first-order valence-corrected chi connectivity index (χ1v) is 5.52. The van der Waals surface area contributed by atoms with E-state index in [0.29, 0.717) is 22.9 Å². The summed E-state index contributed by atoms with van der Waals surface area (Å²) in [5.74, 6) is 0.549. The van der Waals surface area contributed by atoms with Crippen LogP contribution in [0.15, 0.2) is 30.3 Å². The summed E-state index contributed by atoms with van der Waals surface area (Å²) in [6.07, 6.45) is 0. The van der Waals surface area contributed by atoms with E-state index >= 15 is 0 Å². The number of nitrogens with zero attached hydrogens (tertiary/aromatic N) is 2. The number of rotatable bonds is 1. The Morgan fingerprint density at radius 1 is 1.17 bits per heavy atom. The van der Waals surface area contributed by atoms with Crippen molar-refractivity contribution in [2.75, 3.05) is 5.73 Å². The molecule has 0 spiro atoms. The van der Waals surface area contributed by atoms with Crippen molar-refractivity contribution in [2.45, 2.75) is 6.92 Å². The van der Waals surface area contributed by atoms with Crippen LogP contribution in [-0.4, -0.2) is 15.0 Å². The zero-order valence-corrected chi connectivity index (χ0v) is 9.74. The van der Waals surface area contributed by atoms with E-state index in [2.05, 4.69) is 15.0 Å². The summed E-state index contributed by atoms with van der Waals surface area (Å²) in [5.41, 5.74) is 8.11. The van der Waals surface area contributed by atoms with E-state index in [-0.39, 0.29) is 5.82 Å². The van der Waals surface area contributed by atoms with Gasteiger partial charge in [-0.1, -0.05) is 6.07 Å². The Hall–Kier alpha value is -2.43. The van der Waals surface area contributed by atoms with Gasteiger partial charge in [-0.05, 0) is 36.8 Å². The number of aryl methyl sites for hydroxylation is 1. The van der Waals surface area contributed by atoms with Gasteiger partial charge in [-0.3, -0.25) is 0 Å². The summed E-state index contributed by atoms with van der Waals surface area (Å²) in [5, 5.41) is 0. The van der Waals surface area contributed by atoms with Crippen LogP contribution in [0.3, 0.4) is 0 Å². The number of halogens is 1. The van der Waals surface area contributed by atoms with Crippen molar-refractivity contribution in [2.24, 2.45) is 0 Å². The Morgan fingerprint density at radius 2 is 2.00 bits per heavy atom. The van der Waals surface area contributed by atoms with Gasteiger partial charge in [-0.2, -0.15) is 0 Å². The molecule has 3 N–H and O–H groups in total. The lowest BCUT2D eigenvalue weighted by Crippen LogP contribution is -1.89. The van der Waals surface area contributed by atoms with Gasteiger partial charge in [0, 0.05) is 0 Å². The van der Waals surface area contributed by atoms with E-state index in [4.69, 9.17) is 5.73 Å². The lowest BCUT2D eigenvalue weighted by molar-refractivity contribution is 0.629. The maximum Gasteiger partial charge on any atom is 0.180 e. The smallest absolute Gasteiger partial charge is 0.180 e. The van der Waals surface area contributed by atoms with E-state index in [1.807, 2.05) is 13.0 Å². The number of hydrogen-bond acceptors (Lipinski definition) is 3. The highest BCUT2D eigenvalue weighted by molar-refractivity contribution is 5.77. The minimum Gasteiger partial charge on any atom is -0.384 e. The maximum absolute atomic E-state index is 13.8. The molecule has 0 aliphatic carbocycles. The first-order valence-electron chi connectivity index (χ1n) is 5.52. The molecule has 3 rings (SSSR count). The molecule has 5 heteroatoms. The molecule has 0 atom stereocenters. The topological polar surface area (TPSA) is 67.6 Å². The fourth-order valence-corrected chi connectivity index (χ4v) is 1.85. The highest BCUT2D eigenvalue weighted by Crippen LogP contribution is 2.23. The summed E-state index contributed by atoms with van der Waals surface area (Å²) in [6.45, 7) is 1.84. The number of aromatic amines is 1. The number of hydrogen-bond donors (Lipinski definition) is 2. The molecule has 0 fully saturated rings. The molecule has 0 radical (unpaired) electrons. The molecule has 0 saturated heterocycles. The van der Waals surface area contributed by atoms with Crippen LogP contribution in [0.2, 0.25) is 0 Å². The van der Waals surface area contributed by atoms with Crippen LogP contribution in [-0.2, 0) is 0 Å². The number of imidazole rings is 1. The van der Waals surface area contributed by atoms with Crippen LogP contribution in [0.25, 0.3) is 22.6 Å². The van der Waals surface area contributed by atoms with Crippen molar-refractivity contribution < 1.29 is 4.39 Å². The minimum atomic E-state index is -0.304. The Kier molecular flexibility index (Phi) is 2.26. The van der Waals surface area contributed by atoms with Crippen LogP contribution < -0.4 is 5.73 Å². The number of H-pyrrole nitrogens is 1. The monoisotopic (exact) mass is 242 g/mol. The fraction of sp³-hybridized carbons (Fsp3) is 0.0769. The van der Waals surface area contributed by atoms with Crippen molar-refractivity contribution >= 4 is 17.0 Å². The lowest BCUT2D eigenvalue weighted by atomic mass is 10.1. The van der Waals surface area contributed by atoms with Crippen LogP contribution in [0.5, 0.6) is 0 Å². The number of anilines is 1. The van der Waals surface area contributed by atoms with Crippen molar-refractivity contribution in [3.8, 4) is 11.4 Å². The van der Waals surface area contributed by atoms with E-state index < -0.39 is 0 Å². The minimum absolute atomic E-state index is 0.304. The van der Waals surface area contributed by atoms with E-state index in [1.165, 1.54) is 6.07 Å². The quantitative estimate of drug-likeness (QED) is 0.689. The number of nitrogen functional groups attached to an aromatic ring is 1. The zero-order chi connectivity index (χ0) is 12.7. The van der Waals surface area contributed by atoms with Gasteiger partial charge in [-0.15, -0.1) is 0 Å². The Morgan fingerprint density at radius 3 is 2.78 bits per heavy atom. The molecule has 2 aromatic heterocycles. The van der Waals surface area contributed by atoms with E-state index in [9.17, 15) is 4.39 Å². The molecular formula is C13H11FN4. The summed E-state index contributed by atoms with van der Waals surface area (Å²) in [6, 6.07) is 8.47. The Bertz CT molecular complexity index is 733. The predicted octanol–water partition coefficient (Wildman–Crippen LogP) is 2.65. The van der Waals surface area contributed by atoms with Crippen LogP contribution in [0.1, 0.15) is 5.56 Å². The number of aromatic nitrogens is 3. The lowest BCUT2D eigenvalue weighted by Gasteiger charge is -1.99. The van der Waals surface area contributed by atoms with Gasteiger partial charge in [0.2, 0.25) is 0 Å². The summed E-state index contributed by atoms with van der Waals surface area (Å²) >= 11 is 0. The molecule has 1 aromatic carbocycles. The molecule has 3 aromatic rings. The number of pyridine rings is 1. The van der Waals surface area contributed by atoms with Gasteiger partial charge in [0.25, 0.3) is 0 Å². The number of fused-ring (bicyclic) bond motifs is 1. The van der Waals surface area contributed by atoms with Crippen LogP contribution >= 0.6 is 0 Å². The zero-order valence-electron chi connectivity index (χ0n) is 9.74. The van der Waals surface area contributed by atoms with Gasteiger partial charge >= 0.3 is 0 Å². The molecule has 0 aliphatic rings. The fourth-order valence-electron chi connectivity index (χ4n) is 1.85. The highest BCUT2D eigenvalue weighted by atomic mass is 19.1. The third-order valence-electron chi connectivity index (χ3n) is 2.75. The molecule has 4 nitrogen and oxygen atoms in total. The Balaban J connectivity index is 2.19. The normalized spacial score (nSPS) is 11.0.